The highest BCUT2D eigenvalue weighted by atomic mass is 79.9. The van der Waals surface area contributed by atoms with Crippen molar-refractivity contribution < 1.29 is 56.6 Å². The fraction of sp³-hybridized carbons (Fsp3) is 0.308. The number of hydrogen-bond acceptors (Lipinski definition) is 12. The Bertz CT molecular complexity index is 1350. The Morgan fingerprint density at radius 3 is 1.42 bits per heavy atom. The minimum absolute atomic E-state index is 0.0359. The molecular weight excluding hydrogens is 856 g/mol. The first-order valence-electron chi connectivity index (χ1n) is 12.1. The molecule has 43 heavy (non-hydrogen) atoms. The van der Waals surface area contributed by atoms with Crippen molar-refractivity contribution in [1.29, 1.82) is 0 Å². The van der Waals surface area contributed by atoms with E-state index in [2.05, 4.69) is 76.9 Å². The van der Waals surface area contributed by atoms with Crippen molar-refractivity contribution in [3.8, 4) is 23.0 Å². The molecule has 12 nitrogen and oxygen atoms in total. The highest BCUT2D eigenvalue weighted by molar-refractivity contribution is 9.11. The molecule has 0 aliphatic heterocycles. The van der Waals surface area contributed by atoms with Crippen LogP contribution in [-0.2, 0) is 19.3 Å². The van der Waals surface area contributed by atoms with E-state index in [4.69, 9.17) is 28.4 Å². The van der Waals surface area contributed by atoms with E-state index < -0.39 is 22.1 Å². The summed E-state index contributed by atoms with van der Waals surface area (Å²) >= 11 is 13.0. The summed E-state index contributed by atoms with van der Waals surface area (Å²) in [7, 11) is -4.55. The third kappa shape index (κ3) is 9.92. The Morgan fingerprint density at radius 2 is 1.09 bits per heavy atom. The molecule has 0 saturated carbocycles. The van der Waals surface area contributed by atoms with Crippen LogP contribution in [0.5, 0.6) is 23.0 Å². The number of halogens is 4. The highest BCUT2D eigenvalue weighted by Crippen LogP contribution is 2.50. The molecule has 0 heterocycles. The SMILES string of the molecule is C=CCOC(=O)Oc1c(Br)cc(S(=O)(=O)c2cc(Br)c(OC(=O)OCC=C)c(Br)c2OCCCO)c(OCCCO)c1Br. The Hall–Kier alpha value is -2.15. The number of rotatable bonds is 16. The average molecular weight is 882 g/mol. The van der Waals surface area contributed by atoms with Gasteiger partial charge in [-0.05, 0) is 75.9 Å². The van der Waals surface area contributed by atoms with Crippen molar-refractivity contribution in [3.63, 3.8) is 0 Å². The number of carbonyl (C=O) groups excluding carboxylic acids is 2. The first-order chi connectivity index (χ1) is 20.4. The number of aliphatic hydroxyl groups is 2. The van der Waals surface area contributed by atoms with Crippen LogP contribution in [0.1, 0.15) is 12.8 Å². The molecule has 0 saturated heterocycles. The van der Waals surface area contributed by atoms with Crippen molar-refractivity contribution in [2.24, 2.45) is 0 Å². The monoisotopic (exact) mass is 878 g/mol. The number of sulfone groups is 1. The Kier molecular flexibility index (Phi) is 15.5. The molecular formula is C26H26Br4O12S. The normalized spacial score (nSPS) is 10.9. The summed E-state index contributed by atoms with van der Waals surface area (Å²) in [5, 5.41) is 18.5. The molecule has 0 amide bonds. The third-order valence-electron chi connectivity index (χ3n) is 4.88. The van der Waals surface area contributed by atoms with Gasteiger partial charge in [0.2, 0.25) is 9.84 Å². The predicted molar refractivity (Wildman–Crippen MR) is 168 cm³/mol. The zero-order valence-corrected chi connectivity index (χ0v) is 29.4. The lowest BCUT2D eigenvalue weighted by atomic mass is 10.3. The molecule has 0 fully saturated rings. The smallest absolute Gasteiger partial charge is 0.491 e. The van der Waals surface area contributed by atoms with Gasteiger partial charge in [-0.25, -0.2) is 18.0 Å². The van der Waals surface area contributed by atoms with Crippen molar-refractivity contribution >= 4 is 85.9 Å². The summed E-state index contributed by atoms with van der Waals surface area (Å²) in [6.45, 7) is 5.94. The van der Waals surface area contributed by atoms with E-state index in [9.17, 15) is 28.2 Å². The fourth-order valence-electron chi connectivity index (χ4n) is 3.06. The standard InChI is InChI=1S/C26H26Br4O12S/c1-3-9-39-25(33)41-21-15(27)13-17(23(19(21)29)37-11-5-7-31)43(35,36)18-14-16(28)22(42-26(34)40-10-4-2)20(30)24(18)38-12-6-8-32/h3-4,13-14,31-32H,1-2,5-12H2. The minimum atomic E-state index is -4.55. The molecule has 2 N–H and O–H groups in total. The van der Waals surface area contributed by atoms with Crippen LogP contribution in [0.3, 0.4) is 0 Å². The van der Waals surface area contributed by atoms with Crippen LogP contribution in [-0.4, -0.2) is 70.6 Å². The minimum Gasteiger partial charge on any atom is -0.491 e. The molecule has 2 rings (SSSR count). The summed E-state index contributed by atoms with van der Waals surface area (Å²) in [5.41, 5.74) is 0. The van der Waals surface area contributed by atoms with E-state index in [1.165, 1.54) is 12.2 Å². The van der Waals surface area contributed by atoms with E-state index in [1.54, 1.807) is 0 Å². The van der Waals surface area contributed by atoms with Crippen LogP contribution in [0.25, 0.3) is 0 Å². The summed E-state index contributed by atoms with van der Waals surface area (Å²) in [5.74, 6) is -0.777. The van der Waals surface area contributed by atoms with E-state index in [1.807, 2.05) is 0 Å². The lowest BCUT2D eigenvalue weighted by Gasteiger charge is -2.20. The predicted octanol–water partition coefficient (Wildman–Crippen LogP) is 6.49. The molecule has 236 valence electrons. The van der Waals surface area contributed by atoms with Gasteiger partial charge in [0.25, 0.3) is 0 Å². The van der Waals surface area contributed by atoms with Gasteiger partial charge >= 0.3 is 12.3 Å². The molecule has 0 bridgehead atoms. The number of hydrogen-bond donors (Lipinski definition) is 2. The number of ether oxygens (including phenoxy) is 6. The quantitative estimate of drug-likeness (QED) is 0.0817. The van der Waals surface area contributed by atoms with Gasteiger partial charge in [-0.2, -0.15) is 0 Å². The highest BCUT2D eigenvalue weighted by Gasteiger charge is 2.34. The van der Waals surface area contributed by atoms with Gasteiger partial charge in [0.05, 0.1) is 22.2 Å². The Morgan fingerprint density at radius 1 is 0.721 bits per heavy atom. The van der Waals surface area contributed by atoms with Crippen LogP contribution in [0.2, 0.25) is 0 Å². The topological polar surface area (TPSA) is 164 Å². The van der Waals surface area contributed by atoms with E-state index in [0.717, 1.165) is 12.1 Å². The van der Waals surface area contributed by atoms with Gasteiger partial charge < -0.3 is 38.6 Å². The number of carbonyl (C=O) groups is 2. The lowest BCUT2D eigenvalue weighted by molar-refractivity contribution is 0.108. The van der Waals surface area contributed by atoms with Crippen LogP contribution in [0.4, 0.5) is 9.59 Å². The maximum atomic E-state index is 14.3. The molecule has 2 aromatic rings. The molecule has 2 aromatic carbocycles. The summed E-state index contributed by atoms with van der Waals surface area (Å²) in [6, 6.07) is 2.31. The van der Waals surface area contributed by atoms with Crippen LogP contribution < -0.4 is 18.9 Å². The van der Waals surface area contributed by atoms with Gasteiger partial charge in [0.1, 0.15) is 32.0 Å². The van der Waals surface area contributed by atoms with Gasteiger partial charge in [0.15, 0.2) is 23.0 Å². The van der Waals surface area contributed by atoms with Crippen molar-refractivity contribution in [3.05, 3.63) is 55.3 Å². The first-order valence-corrected chi connectivity index (χ1v) is 16.8. The zero-order chi connectivity index (χ0) is 32.2. The van der Waals surface area contributed by atoms with E-state index in [-0.39, 0.29) is 103 Å². The van der Waals surface area contributed by atoms with Crippen LogP contribution in [0.15, 0.2) is 65.1 Å². The second-order valence-electron chi connectivity index (χ2n) is 7.92. The number of benzene rings is 2. The lowest BCUT2D eigenvalue weighted by Crippen LogP contribution is -2.15. The first kappa shape index (κ1) is 37.0. The fourth-order valence-corrected chi connectivity index (χ4v) is 8.01. The van der Waals surface area contributed by atoms with Crippen molar-refractivity contribution in [2.45, 2.75) is 22.6 Å². The third-order valence-corrected chi connectivity index (χ3v) is 9.26. The molecule has 0 radical (unpaired) electrons. The summed E-state index contributed by atoms with van der Waals surface area (Å²) in [4.78, 5) is 23.5. The largest absolute Gasteiger partial charge is 0.514 e. The number of aliphatic hydroxyl groups excluding tert-OH is 2. The Labute approximate surface area is 281 Å². The molecule has 0 atom stereocenters. The van der Waals surface area contributed by atoms with Crippen molar-refractivity contribution in [1.82, 2.24) is 0 Å². The maximum absolute atomic E-state index is 14.3. The molecule has 0 spiro atoms. The molecule has 0 aliphatic carbocycles. The molecule has 0 unspecified atom stereocenters. The molecule has 17 heteroatoms. The molecule has 0 aliphatic rings. The second kappa shape index (κ2) is 18.0. The zero-order valence-electron chi connectivity index (χ0n) is 22.3. The molecule has 0 aromatic heterocycles. The summed E-state index contributed by atoms with van der Waals surface area (Å²) < 4.78 is 60.2. The average Bonchev–Trinajstić information content (AvgIpc) is 2.97. The maximum Gasteiger partial charge on any atom is 0.514 e. The van der Waals surface area contributed by atoms with Crippen molar-refractivity contribution in [2.75, 3.05) is 39.6 Å². The summed E-state index contributed by atoms with van der Waals surface area (Å²) in [6.07, 6.45) is 0.796. The van der Waals surface area contributed by atoms with E-state index in [0.29, 0.717) is 0 Å². The Balaban J connectivity index is 2.77. The van der Waals surface area contributed by atoms with Gasteiger partial charge in [-0.15, -0.1) is 0 Å². The van der Waals surface area contributed by atoms with Crippen LogP contribution >= 0.6 is 63.7 Å². The van der Waals surface area contributed by atoms with Gasteiger partial charge in [-0.3, -0.25) is 0 Å². The second-order valence-corrected chi connectivity index (χ2v) is 13.1. The van der Waals surface area contributed by atoms with Gasteiger partial charge in [0, 0.05) is 26.1 Å². The van der Waals surface area contributed by atoms with E-state index >= 15 is 0 Å². The van der Waals surface area contributed by atoms with Gasteiger partial charge in [-0.1, -0.05) is 25.3 Å². The van der Waals surface area contributed by atoms with Crippen LogP contribution in [0, 0.1) is 0 Å².